The number of pyridine rings is 2. The van der Waals surface area contributed by atoms with Crippen LogP contribution in [0.5, 0.6) is 0 Å². The van der Waals surface area contributed by atoms with Crippen molar-refractivity contribution in [1.82, 2.24) is 14.4 Å². The Kier molecular flexibility index (Phi) is 4.23. The minimum absolute atomic E-state index is 0.927. The van der Waals surface area contributed by atoms with Crippen LogP contribution in [0.4, 0.5) is 0 Å². The van der Waals surface area contributed by atoms with E-state index in [1.165, 1.54) is 32.7 Å². The molecule has 0 saturated heterocycles. The second-order valence-electron chi connectivity index (χ2n) is 9.48. The van der Waals surface area contributed by atoms with Crippen molar-refractivity contribution in [3.05, 3.63) is 128 Å². The smallest absolute Gasteiger partial charge is 0.137 e. The highest BCUT2D eigenvalue weighted by Gasteiger charge is 2.16. The standard InChI is InChI=1S/C34H21N3/c1-2-10-25-24(9-1)21-29(27-12-4-3-11-26(25)27)22-16-18-23(19-17-22)32-34-33(28-13-5-6-14-30(28)35-32)36-31-15-7-8-20-37(31)34/h1-21H. The zero-order valence-corrected chi connectivity index (χ0v) is 20.0. The van der Waals surface area contributed by atoms with E-state index in [1.807, 2.05) is 24.3 Å². The molecule has 8 aromatic rings. The van der Waals surface area contributed by atoms with Crippen molar-refractivity contribution in [2.24, 2.45) is 0 Å². The van der Waals surface area contributed by atoms with Crippen LogP contribution in [0.3, 0.4) is 0 Å². The van der Waals surface area contributed by atoms with Gasteiger partial charge in [-0.3, -0.25) is 4.40 Å². The van der Waals surface area contributed by atoms with Gasteiger partial charge in [0.15, 0.2) is 0 Å². The molecule has 5 aromatic carbocycles. The maximum absolute atomic E-state index is 5.13. The van der Waals surface area contributed by atoms with Crippen LogP contribution in [0.15, 0.2) is 128 Å². The van der Waals surface area contributed by atoms with Crippen molar-refractivity contribution < 1.29 is 0 Å². The monoisotopic (exact) mass is 471 g/mol. The molecule has 0 bridgehead atoms. The predicted molar refractivity (Wildman–Crippen MR) is 154 cm³/mol. The zero-order valence-electron chi connectivity index (χ0n) is 20.0. The molecule has 0 amide bonds. The molecule has 0 saturated carbocycles. The van der Waals surface area contributed by atoms with E-state index < -0.39 is 0 Å². The van der Waals surface area contributed by atoms with Gasteiger partial charge >= 0.3 is 0 Å². The Bertz CT molecular complexity index is 2140. The molecule has 0 spiro atoms. The van der Waals surface area contributed by atoms with Crippen molar-refractivity contribution in [3.8, 4) is 22.4 Å². The van der Waals surface area contributed by atoms with Crippen molar-refractivity contribution in [2.75, 3.05) is 0 Å². The molecule has 0 aliphatic rings. The molecule has 0 aliphatic carbocycles. The molecule has 0 aliphatic heterocycles. The van der Waals surface area contributed by atoms with Crippen LogP contribution in [0.25, 0.3) is 71.5 Å². The summed E-state index contributed by atoms with van der Waals surface area (Å²) in [5.74, 6) is 0. The van der Waals surface area contributed by atoms with Crippen molar-refractivity contribution in [2.45, 2.75) is 0 Å². The largest absolute Gasteiger partial charge is 0.298 e. The molecular weight excluding hydrogens is 450 g/mol. The zero-order chi connectivity index (χ0) is 24.3. The van der Waals surface area contributed by atoms with Crippen LogP contribution in [-0.2, 0) is 0 Å². The van der Waals surface area contributed by atoms with Gasteiger partial charge in [0.2, 0.25) is 0 Å². The SMILES string of the molecule is c1ccc2c(c1)cc(-c1ccc(-c3nc4ccccc4c4nc5ccccn5c34)cc1)c1ccccc12. The Labute approximate surface area is 213 Å². The van der Waals surface area contributed by atoms with Gasteiger partial charge in [-0.05, 0) is 56.9 Å². The van der Waals surface area contributed by atoms with Gasteiger partial charge in [-0.1, -0.05) is 97.1 Å². The lowest BCUT2D eigenvalue weighted by atomic mass is 9.92. The van der Waals surface area contributed by atoms with E-state index in [0.29, 0.717) is 0 Å². The molecule has 37 heavy (non-hydrogen) atoms. The average Bonchev–Trinajstić information content (AvgIpc) is 3.37. The summed E-state index contributed by atoms with van der Waals surface area (Å²) < 4.78 is 2.15. The Morgan fingerprint density at radius 1 is 0.514 bits per heavy atom. The van der Waals surface area contributed by atoms with Gasteiger partial charge in [0, 0.05) is 17.1 Å². The molecule has 3 heterocycles. The number of benzene rings is 5. The lowest BCUT2D eigenvalue weighted by molar-refractivity contribution is 1.22. The molecule has 0 atom stereocenters. The first-order valence-electron chi connectivity index (χ1n) is 12.5. The van der Waals surface area contributed by atoms with Gasteiger partial charge in [-0.15, -0.1) is 0 Å². The van der Waals surface area contributed by atoms with E-state index in [1.54, 1.807) is 0 Å². The van der Waals surface area contributed by atoms with E-state index in [-0.39, 0.29) is 0 Å². The maximum Gasteiger partial charge on any atom is 0.137 e. The van der Waals surface area contributed by atoms with Crippen LogP contribution < -0.4 is 0 Å². The van der Waals surface area contributed by atoms with Crippen LogP contribution in [0.1, 0.15) is 0 Å². The quantitative estimate of drug-likeness (QED) is 0.236. The third kappa shape index (κ3) is 3.01. The fraction of sp³-hybridized carbons (Fsp3) is 0. The van der Waals surface area contributed by atoms with E-state index in [2.05, 4.69) is 108 Å². The summed E-state index contributed by atoms with van der Waals surface area (Å²) in [5.41, 5.74) is 8.37. The summed E-state index contributed by atoms with van der Waals surface area (Å²) in [6.07, 6.45) is 2.07. The molecule has 8 rings (SSSR count). The van der Waals surface area contributed by atoms with E-state index in [4.69, 9.17) is 9.97 Å². The van der Waals surface area contributed by atoms with E-state index in [9.17, 15) is 0 Å². The van der Waals surface area contributed by atoms with Crippen molar-refractivity contribution in [1.29, 1.82) is 0 Å². The van der Waals surface area contributed by atoms with Crippen LogP contribution in [-0.4, -0.2) is 14.4 Å². The fourth-order valence-electron chi connectivity index (χ4n) is 5.66. The van der Waals surface area contributed by atoms with Crippen LogP contribution in [0.2, 0.25) is 0 Å². The summed E-state index contributed by atoms with van der Waals surface area (Å²) in [7, 11) is 0. The lowest BCUT2D eigenvalue weighted by Crippen LogP contribution is -1.92. The Morgan fingerprint density at radius 3 is 2.05 bits per heavy atom. The number of aromatic nitrogens is 3. The molecule has 0 unspecified atom stereocenters. The van der Waals surface area contributed by atoms with Crippen LogP contribution >= 0.6 is 0 Å². The molecule has 3 heteroatoms. The minimum atomic E-state index is 0.927. The minimum Gasteiger partial charge on any atom is -0.298 e. The number of fused-ring (bicyclic) bond motifs is 8. The molecular formula is C34H21N3. The maximum atomic E-state index is 5.13. The number of nitrogens with zero attached hydrogens (tertiary/aromatic N) is 3. The molecule has 172 valence electrons. The number of imidazole rings is 1. The summed E-state index contributed by atoms with van der Waals surface area (Å²) in [6.45, 7) is 0. The third-order valence-corrected chi connectivity index (χ3v) is 7.38. The van der Waals surface area contributed by atoms with Crippen molar-refractivity contribution in [3.63, 3.8) is 0 Å². The van der Waals surface area contributed by atoms with E-state index in [0.717, 1.165) is 38.8 Å². The number of rotatable bonds is 2. The first kappa shape index (κ1) is 20.2. The van der Waals surface area contributed by atoms with Gasteiger partial charge in [-0.2, -0.15) is 0 Å². The second-order valence-corrected chi connectivity index (χ2v) is 9.48. The Balaban J connectivity index is 1.36. The lowest BCUT2D eigenvalue weighted by Gasteiger charge is -2.12. The molecule has 0 radical (unpaired) electrons. The number of hydrogen-bond donors (Lipinski definition) is 0. The number of para-hydroxylation sites is 1. The highest BCUT2D eigenvalue weighted by molar-refractivity contribution is 6.14. The summed E-state index contributed by atoms with van der Waals surface area (Å²) >= 11 is 0. The predicted octanol–water partition coefficient (Wildman–Crippen LogP) is 8.68. The third-order valence-electron chi connectivity index (χ3n) is 7.38. The van der Waals surface area contributed by atoms with Gasteiger partial charge in [0.1, 0.15) is 11.2 Å². The molecule has 3 nitrogen and oxygen atoms in total. The second kappa shape index (κ2) is 7.74. The Hall–Kier alpha value is -5.02. The van der Waals surface area contributed by atoms with Gasteiger partial charge in [-0.25, -0.2) is 9.97 Å². The van der Waals surface area contributed by atoms with Gasteiger partial charge in [0.05, 0.1) is 16.7 Å². The topological polar surface area (TPSA) is 30.2 Å². The first-order chi connectivity index (χ1) is 18.3. The summed E-state index contributed by atoms with van der Waals surface area (Å²) in [5, 5.41) is 6.16. The first-order valence-corrected chi connectivity index (χ1v) is 12.5. The summed E-state index contributed by atoms with van der Waals surface area (Å²) in [6, 6.07) is 42.8. The number of hydrogen-bond acceptors (Lipinski definition) is 2. The molecule has 3 aromatic heterocycles. The molecule has 0 fully saturated rings. The molecule has 0 N–H and O–H groups in total. The highest BCUT2D eigenvalue weighted by Crippen LogP contribution is 2.37. The van der Waals surface area contributed by atoms with E-state index >= 15 is 0 Å². The van der Waals surface area contributed by atoms with Gasteiger partial charge < -0.3 is 0 Å². The normalized spacial score (nSPS) is 11.8. The Morgan fingerprint density at radius 2 is 1.19 bits per heavy atom. The average molecular weight is 472 g/mol. The van der Waals surface area contributed by atoms with Crippen molar-refractivity contribution >= 4 is 49.1 Å². The van der Waals surface area contributed by atoms with Crippen LogP contribution in [0, 0.1) is 0 Å². The fourth-order valence-corrected chi connectivity index (χ4v) is 5.66. The highest BCUT2D eigenvalue weighted by atomic mass is 15.0. The van der Waals surface area contributed by atoms with Gasteiger partial charge in [0.25, 0.3) is 0 Å². The summed E-state index contributed by atoms with van der Waals surface area (Å²) in [4.78, 5) is 10.1.